The van der Waals surface area contributed by atoms with Gasteiger partial charge in [-0.3, -0.25) is 0 Å². The smallest absolute Gasteiger partial charge is 0.0595 e. The van der Waals surface area contributed by atoms with Gasteiger partial charge in [0.05, 0.1) is 5.70 Å². The monoisotopic (exact) mass is 319 g/mol. The molecule has 0 atom stereocenters. The van der Waals surface area contributed by atoms with Crippen molar-refractivity contribution in [2.24, 2.45) is 0 Å². The molecule has 0 bridgehead atoms. The first kappa shape index (κ1) is 13.6. The lowest BCUT2D eigenvalue weighted by Gasteiger charge is -2.18. The highest BCUT2D eigenvalue weighted by Gasteiger charge is 2.12. The molecule has 2 aromatic rings. The zero-order valence-electron chi connectivity index (χ0n) is 10.4. The zero-order valence-corrected chi connectivity index (χ0v) is 12.8. The van der Waals surface area contributed by atoms with Crippen LogP contribution < -0.4 is 4.72 Å². The molecular formula is C16H11Cl2NS. The highest BCUT2D eigenvalue weighted by Crippen LogP contribution is 2.32. The van der Waals surface area contributed by atoms with Crippen molar-refractivity contribution in [2.45, 2.75) is 0 Å². The molecule has 1 aliphatic rings. The second-order valence-corrected chi connectivity index (χ2v) is 5.91. The van der Waals surface area contributed by atoms with Gasteiger partial charge in [0.1, 0.15) is 0 Å². The summed E-state index contributed by atoms with van der Waals surface area (Å²) in [6.45, 7) is 0. The Kier molecular flexibility index (Phi) is 4.06. The molecule has 0 aromatic heterocycles. The van der Waals surface area contributed by atoms with Gasteiger partial charge in [-0.25, -0.2) is 0 Å². The van der Waals surface area contributed by atoms with Gasteiger partial charge in [0.15, 0.2) is 0 Å². The molecule has 1 heterocycles. The second kappa shape index (κ2) is 5.96. The maximum atomic E-state index is 6.09. The van der Waals surface area contributed by atoms with Gasteiger partial charge < -0.3 is 4.72 Å². The summed E-state index contributed by atoms with van der Waals surface area (Å²) in [4.78, 5) is 0. The molecule has 100 valence electrons. The molecule has 1 aliphatic heterocycles. The fourth-order valence-electron chi connectivity index (χ4n) is 2.06. The van der Waals surface area contributed by atoms with Crippen LogP contribution in [-0.2, 0) is 0 Å². The van der Waals surface area contributed by atoms with E-state index in [1.807, 2.05) is 47.9 Å². The van der Waals surface area contributed by atoms with Crippen LogP contribution in [0.4, 0.5) is 0 Å². The summed E-state index contributed by atoms with van der Waals surface area (Å²) >= 11 is 13.6. The number of rotatable bonds is 2. The Morgan fingerprint density at radius 3 is 2.40 bits per heavy atom. The molecule has 0 saturated carbocycles. The van der Waals surface area contributed by atoms with E-state index in [1.54, 1.807) is 11.9 Å². The van der Waals surface area contributed by atoms with Crippen molar-refractivity contribution in [1.82, 2.24) is 4.72 Å². The van der Waals surface area contributed by atoms with E-state index in [2.05, 4.69) is 16.9 Å². The molecule has 4 heteroatoms. The Bertz CT molecular complexity index is 690. The molecule has 0 saturated heterocycles. The molecule has 1 N–H and O–H groups in total. The first-order valence-electron chi connectivity index (χ1n) is 6.08. The SMILES string of the molecule is Clc1ccc(C2=C(c3cccc(Cl)c3)C=CSN2)cc1. The molecule has 3 rings (SSSR count). The number of hydrogen-bond acceptors (Lipinski definition) is 2. The molecular weight excluding hydrogens is 309 g/mol. The van der Waals surface area contributed by atoms with Gasteiger partial charge in [0, 0.05) is 15.6 Å². The van der Waals surface area contributed by atoms with Crippen molar-refractivity contribution in [3.8, 4) is 0 Å². The van der Waals surface area contributed by atoms with E-state index < -0.39 is 0 Å². The van der Waals surface area contributed by atoms with Crippen molar-refractivity contribution in [2.75, 3.05) is 0 Å². The number of halogens is 2. The lowest BCUT2D eigenvalue weighted by Crippen LogP contribution is -2.07. The quantitative estimate of drug-likeness (QED) is 0.720. The standard InChI is InChI=1S/C16H11Cl2NS/c17-13-6-4-11(5-7-13)16-15(8-9-20-19-16)12-2-1-3-14(18)10-12/h1-10,19H. The first-order chi connectivity index (χ1) is 9.74. The summed E-state index contributed by atoms with van der Waals surface area (Å²) in [6, 6.07) is 15.7. The molecule has 0 fully saturated rings. The zero-order chi connectivity index (χ0) is 13.9. The van der Waals surface area contributed by atoms with Crippen LogP contribution in [0.15, 0.2) is 60.0 Å². The van der Waals surface area contributed by atoms with Gasteiger partial charge in [-0.2, -0.15) is 0 Å². The van der Waals surface area contributed by atoms with Crippen LogP contribution in [-0.4, -0.2) is 0 Å². The van der Waals surface area contributed by atoms with Crippen LogP contribution >= 0.6 is 35.1 Å². The molecule has 0 radical (unpaired) electrons. The minimum atomic E-state index is 0.733. The Morgan fingerprint density at radius 1 is 0.850 bits per heavy atom. The third-order valence-corrected chi connectivity index (χ3v) is 4.08. The van der Waals surface area contributed by atoms with Gasteiger partial charge >= 0.3 is 0 Å². The minimum absolute atomic E-state index is 0.733. The molecule has 1 nitrogen and oxygen atoms in total. The third-order valence-electron chi connectivity index (χ3n) is 3.00. The normalized spacial score (nSPS) is 14.3. The van der Waals surface area contributed by atoms with E-state index in [1.165, 1.54) is 0 Å². The van der Waals surface area contributed by atoms with Gasteiger partial charge in [0.25, 0.3) is 0 Å². The topological polar surface area (TPSA) is 12.0 Å². The highest BCUT2D eigenvalue weighted by atomic mass is 35.5. The fraction of sp³-hybridized carbons (Fsp3) is 0. The van der Waals surface area contributed by atoms with Crippen molar-refractivity contribution in [1.29, 1.82) is 0 Å². The van der Waals surface area contributed by atoms with Crippen LogP contribution in [0, 0.1) is 0 Å². The largest absolute Gasteiger partial charge is 0.325 e. The predicted octanol–water partition coefficient (Wildman–Crippen LogP) is 5.63. The molecule has 0 unspecified atom stereocenters. The van der Waals surface area contributed by atoms with Gasteiger partial charge in [-0.1, -0.05) is 47.5 Å². The summed E-state index contributed by atoms with van der Waals surface area (Å²) in [5, 5.41) is 3.49. The van der Waals surface area contributed by atoms with Gasteiger partial charge in [0.2, 0.25) is 0 Å². The lowest BCUT2D eigenvalue weighted by atomic mass is 10.00. The summed E-state index contributed by atoms with van der Waals surface area (Å²) in [5.74, 6) is 0. The molecule has 2 aromatic carbocycles. The first-order valence-corrected chi connectivity index (χ1v) is 7.72. The summed E-state index contributed by atoms with van der Waals surface area (Å²) in [5.41, 5.74) is 4.37. The number of allylic oxidation sites excluding steroid dienone is 2. The van der Waals surface area contributed by atoms with Crippen LogP contribution in [0.5, 0.6) is 0 Å². The highest BCUT2D eigenvalue weighted by molar-refractivity contribution is 8.00. The molecule has 20 heavy (non-hydrogen) atoms. The lowest BCUT2D eigenvalue weighted by molar-refractivity contribution is 1.40. The Morgan fingerprint density at radius 2 is 1.65 bits per heavy atom. The minimum Gasteiger partial charge on any atom is -0.325 e. The van der Waals surface area contributed by atoms with Crippen molar-refractivity contribution < 1.29 is 0 Å². The van der Waals surface area contributed by atoms with E-state index >= 15 is 0 Å². The fourth-order valence-corrected chi connectivity index (χ4v) is 2.99. The Hall–Kier alpha value is -1.35. The van der Waals surface area contributed by atoms with Crippen LogP contribution in [0.2, 0.25) is 10.0 Å². The Labute approximate surface area is 132 Å². The summed E-state index contributed by atoms with van der Waals surface area (Å²) < 4.78 is 3.35. The van der Waals surface area contributed by atoms with E-state index in [0.29, 0.717) is 0 Å². The van der Waals surface area contributed by atoms with Gasteiger partial charge in [-0.15, -0.1) is 0 Å². The van der Waals surface area contributed by atoms with Crippen molar-refractivity contribution in [3.63, 3.8) is 0 Å². The van der Waals surface area contributed by atoms with E-state index in [-0.39, 0.29) is 0 Å². The molecule has 0 amide bonds. The average molecular weight is 320 g/mol. The van der Waals surface area contributed by atoms with E-state index in [9.17, 15) is 0 Å². The van der Waals surface area contributed by atoms with E-state index in [0.717, 1.165) is 32.4 Å². The molecule has 0 spiro atoms. The number of nitrogens with one attached hydrogen (secondary N) is 1. The van der Waals surface area contributed by atoms with Crippen LogP contribution in [0.25, 0.3) is 11.3 Å². The predicted molar refractivity (Wildman–Crippen MR) is 89.6 cm³/mol. The van der Waals surface area contributed by atoms with Crippen LogP contribution in [0.1, 0.15) is 11.1 Å². The average Bonchev–Trinajstić information content (AvgIpc) is 2.48. The van der Waals surface area contributed by atoms with Crippen molar-refractivity contribution in [3.05, 3.63) is 81.2 Å². The second-order valence-electron chi connectivity index (χ2n) is 4.33. The van der Waals surface area contributed by atoms with Crippen molar-refractivity contribution >= 4 is 46.4 Å². The number of benzene rings is 2. The van der Waals surface area contributed by atoms with Crippen LogP contribution in [0.3, 0.4) is 0 Å². The third kappa shape index (κ3) is 2.88. The molecule has 0 aliphatic carbocycles. The number of hydrogen-bond donors (Lipinski definition) is 1. The van der Waals surface area contributed by atoms with Gasteiger partial charge in [-0.05, 0) is 58.8 Å². The summed E-state index contributed by atoms with van der Waals surface area (Å²) in [6.07, 6.45) is 2.09. The summed E-state index contributed by atoms with van der Waals surface area (Å²) in [7, 11) is 0. The Balaban J connectivity index is 2.12. The maximum Gasteiger partial charge on any atom is 0.0595 e. The van der Waals surface area contributed by atoms with E-state index in [4.69, 9.17) is 23.2 Å². The maximum absolute atomic E-state index is 6.09.